The zero-order valence-corrected chi connectivity index (χ0v) is 8.53. The number of rotatable bonds is 3. The second-order valence-corrected chi connectivity index (χ2v) is 3.62. The van der Waals surface area contributed by atoms with E-state index in [0.717, 1.165) is 5.01 Å². The van der Waals surface area contributed by atoms with Crippen molar-refractivity contribution in [3.63, 3.8) is 0 Å². The molecule has 0 aliphatic rings. The molecule has 0 bridgehead atoms. The molecular weight excluding hydrogens is 210 g/mol. The molecule has 2 rings (SSSR count). The lowest BCUT2D eigenvalue weighted by molar-refractivity contribution is 1.05. The molecule has 0 saturated heterocycles. The Morgan fingerprint density at radius 2 is 2.13 bits per heavy atom. The minimum atomic E-state index is 0.300. The van der Waals surface area contributed by atoms with Crippen molar-refractivity contribution in [1.82, 2.24) is 15.0 Å². The van der Waals surface area contributed by atoms with Gasteiger partial charge in [-0.1, -0.05) is 0 Å². The zero-order chi connectivity index (χ0) is 10.5. The first-order chi connectivity index (χ1) is 7.40. The highest BCUT2D eigenvalue weighted by molar-refractivity contribution is 7.09. The zero-order valence-electron chi connectivity index (χ0n) is 7.71. The molecule has 6 heteroatoms. The first kappa shape index (κ1) is 9.55. The molecule has 0 atom stereocenters. The summed E-state index contributed by atoms with van der Waals surface area (Å²) >= 11 is 1.55. The molecule has 1 N–H and O–H groups in total. The standard InChI is InChI=1S/C9H7N5S/c10-5-7-9(13-2-1-11-7)14-6-8-12-3-4-15-8/h1-4H,6H2,(H,13,14). The summed E-state index contributed by atoms with van der Waals surface area (Å²) < 4.78 is 0. The molecule has 2 aromatic heterocycles. The number of nitriles is 1. The Morgan fingerprint density at radius 1 is 1.27 bits per heavy atom. The van der Waals surface area contributed by atoms with E-state index in [4.69, 9.17) is 5.26 Å². The molecule has 5 nitrogen and oxygen atoms in total. The fourth-order valence-electron chi connectivity index (χ4n) is 1.05. The molecule has 74 valence electrons. The molecule has 0 aliphatic heterocycles. The van der Waals surface area contributed by atoms with Gasteiger partial charge < -0.3 is 5.32 Å². The Hall–Kier alpha value is -2.00. The van der Waals surface area contributed by atoms with E-state index in [0.29, 0.717) is 18.1 Å². The number of aromatic nitrogens is 3. The van der Waals surface area contributed by atoms with E-state index in [9.17, 15) is 0 Å². The summed E-state index contributed by atoms with van der Waals surface area (Å²) in [6.07, 6.45) is 4.78. The van der Waals surface area contributed by atoms with Gasteiger partial charge in [-0.25, -0.2) is 15.0 Å². The van der Waals surface area contributed by atoms with Crippen LogP contribution in [0.4, 0.5) is 5.82 Å². The average molecular weight is 217 g/mol. The van der Waals surface area contributed by atoms with Crippen LogP contribution in [-0.4, -0.2) is 15.0 Å². The summed E-state index contributed by atoms with van der Waals surface area (Å²) in [7, 11) is 0. The predicted octanol–water partition coefficient (Wildman–Crippen LogP) is 1.42. The minimum Gasteiger partial charge on any atom is -0.361 e. The SMILES string of the molecule is N#Cc1nccnc1NCc1nccs1. The van der Waals surface area contributed by atoms with Crippen molar-refractivity contribution < 1.29 is 0 Å². The number of nitrogens with zero attached hydrogens (tertiary/aromatic N) is 4. The van der Waals surface area contributed by atoms with Crippen molar-refractivity contribution in [1.29, 1.82) is 5.26 Å². The molecule has 0 radical (unpaired) electrons. The first-order valence-corrected chi connectivity index (χ1v) is 5.11. The highest BCUT2D eigenvalue weighted by Crippen LogP contribution is 2.10. The molecular formula is C9H7N5S. The van der Waals surface area contributed by atoms with Gasteiger partial charge >= 0.3 is 0 Å². The summed E-state index contributed by atoms with van der Waals surface area (Å²) in [4.78, 5) is 12.0. The van der Waals surface area contributed by atoms with E-state index >= 15 is 0 Å². The number of nitrogens with one attached hydrogen (secondary N) is 1. The van der Waals surface area contributed by atoms with Crippen LogP contribution in [0.25, 0.3) is 0 Å². The van der Waals surface area contributed by atoms with Gasteiger partial charge in [-0.3, -0.25) is 0 Å². The lowest BCUT2D eigenvalue weighted by Crippen LogP contribution is -2.03. The van der Waals surface area contributed by atoms with E-state index in [2.05, 4.69) is 20.3 Å². The van der Waals surface area contributed by atoms with Gasteiger partial charge in [-0.15, -0.1) is 11.3 Å². The van der Waals surface area contributed by atoms with Crippen molar-refractivity contribution in [2.45, 2.75) is 6.54 Å². The molecule has 0 fully saturated rings. The number of anilines is 1. The van der Waals surface area contributed by atoms with Crippen LogP contribution in [0, 0.1) is 11.3 Å². The van der Waals surface area contributed by atoms with Crippen LogP contribution in [0.5, 0.6) is 0 Å². The maximum atomic E-state index is 8.77. The van der Waals surface area contributed by atoms with E-state index in [1.165, 1.54) is 6.20 Å². The largest absolute Gasteiger partial charge is 0.361 e. The van der Waals surface area contributed by atoms with Crippen molar-refractivity contribution in [3.8, 4) is 6.07 Å². The van der Waals surface area contributed by atoms with Crippen LogP contribution in [0.15, 0.2) is 24.0 Å². The summed E-state index contributed by atoms with van der Waals surface area (Å²) in [5, 5.41) is 14.6. The first-order valence-electron chi connectivity index (χ1n) is 4.23. The maximum Gasteiger partial charge on any atom is 0.182 e. The number of thiazole rings is 1. The smallest absolute Gasteiger partial charge is 0.182 e. The second kappa shape index (κ2) is 4.48. The van der Waals surface area contributed by atoms with Gasteiger partial charge in [-0.2, -0.15) is 5.26 Å². The van der Waals surface area contributed by atoms with E-state index in [1.807, 2.05) is 11.4 Å². The molecule has 0 amide bonds. The average Bonchev–Trinajstić information content (AvgIpc) is 2.79. The molecule has 0 unspecified atom stereocenters. The van der Waals surface area contributed by atoms with Gasteiger partial charge in [-0.05, 0) is 0 Å². The van der Waals surface area contributed by atoms with Crippen LogP contribution in [0.1, 0.15) is 10.7 Å². The molecule has 0 saturated carbocycles. The Labute approximate surface area is 90.5 Å². The lowest BCUT2D eigenvalue weighted by Gasteiger charge is -2.03. The van der Waals surface area contributed by atoms with Crippen LogP contribution < -0.4 is 5.32 Å². The minimum absolute atomic E-state index is 0.300. The lowest BCUT2D eigenvalue weighted by atomic mass is 10.4. The van der Waals surface area contributed by atoms with Gasteiger partial charge in [0.1, 0.15) is 11.1 Å². The Morgan fingerprint density at radius 3 is 2.87 bits per heavy atom. The second-order valence-electron chi connectivity index (χ2n) is 2.64. The topological polar surface area (TPSA) is 74.5 Å². The van der Waals surface area contributed by atoms with Crippen LogP contribution in [-0.2, 0) is 6.54 Å². The van der Waals surface area contributed by atoms with Crippen LogP contribution >= 0.6 is 11.3 Å². The third kappa shape index (κ3) is 2.27. The Balaban J connectivity index is 2.08. The van der Waals surface area contributed by atoms with Gasteiger partial charge in [0, 0.05) is 24.0 Å². The molecule has 2 heterocycles. The Kier molecular flexibility index (Phi) is 2.85. The van der Waals surface area contributed by atoms with Crippen molar-refractivity contribution in [2.75, 3.05) is 5.32 Å². The summed E-state index contributed by atoms with van der Waals surface area (Å²) in [6.45, 7) is 0.561. The van der Waals surface area contributed by atoms with Crippen molar-refractivity contribution in [3.05, 3.63) is 34.7 Å². The Bertz CT molecular complexity index is 473. The third-order valence-electron chi connectivity index (χ3n) is 1.69. The van der Waals surface area contributed by atoms with Crippen LogP contribution in [0.3, 0.4) is 0 Å². The molecule has 15 heavy (non-hydrogen) atoms. The van der Waals surface area contributed by atoms with Crippen molar-refractivity contribution in [2.24, 2.45) is 0 Å². The van der Waals surface area contributed by atoms with Gasteiger partial charge in [0.25, 0.3) is 0 Å². The highest BCUT2D eigenvalue weighted by Gasteiger charge is 2.03. The molecule has 2 aromatic rings. The quantitative estimate of drug-likeness (QED) is 0.841. The van der Waals surface area contributed by atoms with Crippen molar-refractivity contribution >= 4 is 17.2 Å². The van der Waals surface area contributed by atoms with Gasteiger partial charge in [0.2, 0.25) is 0 Å². The van der Waals surface area contributed by atoms with Crippen LogP contribution in [0.2, 0.25) is 0 Å². The monoisotopic (exact) mass is 217 g/mol. The number of hydrogen-bond donors (Lipinski definition) is 1. The van der Waals surface area contributed by atoms with Gasteiger partial charge in [0.15, 0.2) is 11.5 Å². The molecule has 0 aliphatic carbocycles. The molecule has 0 spiro atoms. The maximum absolute atomic E-state index is 8.77. The van der Waals surface area contributed by atoms with Gasteiger partial charge in [0.05, 0.1) is 6.54 Å². The summed E-state index contributed by atoms with van der Waals surface area (Å²) in [5.41, 5.74) is 0.300. The van der Waals surface area contributed by atoms with E-state index in [1.54, 1.807) is 23.7 Å². The fourth-order valence-corrected chi connectivity index (χ4v) is 1.60. The normalized spacial score (nSPS) is 9.53. The third-order valence-corrected chi connectivity index (χ3v) is 2.47. The highest BCUT2D eigenvalue weighted by atomic mass is 32.1. The van der Waals surface area contributed by atoms with E-state index < -0.39 is 0 Å². The summed E-state index contributed by atoms with van der Waals surface area (Å²) in [5.74, 6) is 0.496. The predicted molar refractivity (Wildman–Crippen MR) is 56.2 cm³/mol. The summed E-state index contributed by atoms with van der Waals surface area (Å²) in [6, 6.07) is 1.97. The fraction of sp³-hybridized carbons (Fsp3) is 0.111. The molecule has 0 aromatic carbocycles. The van der Waals surface area contributed by atoms with E-state index in [-0.39, 0.29) is 0 Å². The number of hydrogen-bond acceptors (Lipinski definition) is 6.